The molecule has 0 amide bonds. The Morgan fingerprint density at radius 3 is 2.62 bits per heavy atom. The minimum absolute atomic E-state index is 0.283. The lowest BCUT2D eigenvalue weighted by atomic mass is 10.0. The van der Waals surface area contributed by atoms with Crippen LogP contribution in [0.3, 0.4) is 0 Å². The fourth-order valence-electron chi connectivity index (χ4n) is 1.75. The predicted octanol–water partition coefficient (Wildman–Crippen LogP) is 3.13. The molecule has 0 saturated heterocycles. The van der Waals surface area contributed by atoms with Crippen molar-refractivity contribution in [2.24, 2.45) is 5.92 Å². The van der Waals surface area contributed by atoms with E-state index in [1.54, 1.807) is 0 Å². The van der Waals surface area contributed by atoms with Crippen molar-refractivity contribution >= 4 is 21.7 Å². The van der Waals surface area contributed by atoms with Crippen molar-refractivity contribution in [2.75, 3.05) is 0 Å². The number of hydrogen-bond acceptors (Lipinski definition) is 2. The summed E-state index contributed by atoms with van der Waals surface area (Å²) in [5, 5.41) is 4.38. The van der Waals surface area contributed by atoms with Gasteiger partial charge in [0.15, 0.2) is 0 Å². The van der Waals surface area contributed by atoms with Gasteiger partial charge < -0.3 is 0 Å². The van der Waals surface area contributed by atoms with E-state index in [0.717, 1.165) is 22.4 Å². The van der Waals surface area contributed by atoms with E-state index in [-0.39, 0.29) is 5.78 Å². The first kappa shape index (κ1) is 13.4. The largest absolute Gasteiger partial charge is 0.299 e. The van der Waals surface area contributed by atoms with Gasteiger partial charge in [0.25, 0.3) is 0 Å². The summed E-state index contributed by atoms with van der Waals surface area (Å²) >= 11 is 3.50. The molecule has 1 aromatic rings. The Kier molecular flexibility index (Phi) is 4.71. The van der Waals surface area contributed by atoms with E-state index in [1.807, 2.05) is 18.5 Å². The molecule has 0 spiro atoms. The van der Waals surface area contributed by atoms with Crippen molar-refractivity contribution in [3.8, 4) is 0 Å². The van der Waals surface area contributed by atoms with Crippen LogP contribution in [-0.2, 0) is 17.8 Å². The molecule has 0 atom stereocenters. The molecule has 0 fully saturated rings. The van der Waals surface area contributed by atoms with Gasteiger partial charge >= 0.3 is 0 Å². The van der Waals surface area contributed by atoms with Crippen molar-refractivity contribution in [2.45, 2.75) is 47.1 Å². The number of carbonyl (C=O) groups is 1. The second-order valence-electron chi connectivity index (χ2n) is 4.48. The quantitative estimate of drug-likeness (QED) is 0.834. The minimum Gasteiger partial charge on any atom is -0.299 e. The van der Waals surface area contributed by atoms with E-state index in [0.29, 0.717) is 18.8 Å². The predicted molar refractivity (Wildman–Crippen MR) is 68.5 cm³/mol. The molecule has 1 heterocycles. The first-order chi connectivity index (χ1) is 7.45. The third kappa shape index (κ3) is 3.17. The maximum Gasteiger partial charge on any atom is 0.139 e. The van der Waals surface area contributed by atoms with Crippen LogP contribution in [0.2, 0.25) is 0 Å². The Morgan fingerprint density at radius 1 is 1.50 bits per heavy atom. The van der Waals surface area contributed by atoms with Crippen LogP contribution in [0.4, 0.5) is 0 Å². The molecule has 0 aliphatic carbocycles. The van der Waals surface area contributed by atoms with E-state index in [4.69, 9.17) is 0 Å². The summed E-state index contributed by atoms with van der Waals surface area (Å²) in [5.74, 6) is 0.704. The van der Waals surface area contributed by atoms with Crippen LogP contribution in [0.15, 0.2) is 4.47 Å². The highest BCUT2D eigenvalue weighted by Crippen LogP contribution is 2.22. The molecule has 0 saturated carbocycles. The van der Waals surface area contributed by atoms with Gasteiger partial charge in [-0.2, -0.15) is 5.10 Å². The van der Waals surface area contributed by atoms with Crippen LogP contribution in [0.25, 0.3) is 0 Å². The Balaban J connectivity index is 2.83. The third-order valence-electron chi connectivity index (χ3n) is 2.45. The van der Waals surface area contributed by atoms with Crippen molar-refractivity contribution in [3.05, 3.63) is 15.9 Å². The van der Waals surface area contributed by atoms with E-state index < -0.39 is 0 Å². The van der Waals surface area contributed by atoms with Crippen molar-refractivity contribution < 1.29 is 4.79 Å². The average molecular weight is 287 g/mol. The molecule has 4 heteroatoms. The monoisotopic (exact) mass is 286 g/mol. The molecule has 0 unspecified atom stereocenters. The zero-order chi connectivity index (χ0) is 12.3. The topological polar surface area (TPSA) is 34.9 Å². The molecule has 1 aromatic heterocycles. The fourth-order valence-corrected chi connectivity index (χ4v) is 2.18. The van der Waals surface area contributed by atoms with Gasteiger partial charge in [-0.05, 0) is 35.7 Å². The lowest BCUT2D eigenvalue weighted by Crippen LogP contribution is -2.11. The first-order valence-corrected chi connectivity index (χ1v) is 6.48. The Morgan fingerprint density at radius 2 is 2.12 bits per heavy atom. The van der Waals surface area contributed by atoms with Crippen molar-refractivity contribution in [1.29, 1.82) is 0 Å². The number of hydrogen-bond donors (Lipinski definition) is 0. The lowest BCUT2D eigenvalue weighted by molar-refractivity contribution is -0.119. The number of aryl methyl sites for hydroxylation is 2. The first-order valence-electron chi connectivity index (χ1n) is 5.69. The van der Waals surface area contributed by atoms with E-state index in [1.165, 1.54) is 0 Å². The van der Waals surface area contributed by atoms with Gasteiger partial charge in [0.1, 0.15) is 5.78 Å². The molecule has 0 radical (unpaired) electrons. The highest BCUT2D eigenvalue weighted by Gasteiger charge is 2.15. The maximum absolute atomic E-state index is 11.8. The van der Waals surface area contributed by atoms with Gasteiger partial charge in [0.2, 0.25) is 0 Å². The number of Topliss-reactive ketones (excluding diaryl/α,β-unsaturated/α-hetero) is 1. The number of aromatic nitrogens is 2. The number of carbonyl (C=O) groups excluding carboxylic acids is 1. The second-order valence-corrected chi connectivity index (χ2v) is 5.27. The van der Waals surface area contributed by atoms with Crippen LogP contribution in [-0.4, -0.2) is 15.6 Å². The van der Waals surface area contributed by atoms with Crippen LogP contribution < -0.4 is 0 Å². The summed E-state index contributed by atoms with van der Waals surface area (Å²) in [6.07, 6.45) is 1.12. The van der Waals surface area contributed by atoms with Crippen LogP contribution in [0.1, 0.15) is 38.6 Å². The summed E-state index contributed by atoms with van der Waals surface area (Å²) < 4.78 is 2.88. The Hall–Kier alpha value is -0.640. The van der Waals surface area contributed by atoms with Gasteiger partial charge in [-0.15, -0.1) is 0 Å². The van der Waals surface area contributed by atoms with Crippen LogP contribution in [0, 0.1) is 12.8 Å². The molecular formula is C12H19BrN2O. The molecule has 0 aliphatic heterocycles. The van der Waals surface area contributed by atoms with Gasteiger partial charge in [-0.1, -0.05) is 13.8 Å². The molecule has 3 nitrogen and oxygen atoms in total. The summed E-state index contributed by atoms with van der Waals surface area (Å²) in [4.78, 5) is 11.8. The molecule has 0 N–H and O–H groups in total. The van der Waals surface area contributed by atoms with E-state index in [2.05, 4.69) is 34.9 Å². The van der Waals surface area contributed by atoms with Gasteiger partial charge in [-0.3, -0.25) is 9.48 Å². The summed E-state index contributed by atoms with van der Waals surface area (Å²) in [6.45, 7) is 8.92. The Labute approximate surface area is 105 Å². The maximum atomic E-state index is 11.8. The van der Waals surface area contributed by atoms with Crippen molar-refractivity contribution in [1.82, 2.24) is 9.78 Å². The Bertz CT molecular complexity index is 383. The smallest absolute Gasteiger partial charge is 0.139 e. The standard InChI is InChI=1S/C12H19BrN2O/c1-5-15-11(12(13)9(4)14-15)7-10(16)6-8(2)3/h8H,5-7H2,1-4H3. The molecule has 90 valence electrons. The average Bonchev–Trinajstić information content (AvgIpc) is 2.44. The van der Waals surface area contributed by atoms with E-state index in [9.17, 15) is 4.79 Å². The normalized spacial score (nSPS) is 11.1. The molecule has 0 bridgehead atoms. The minimum atomic E-state index is 0.283. The fraction of sp³-hybridized carbons (Fsp3) is 0.667. The number of ketones is 1. The molecule has 16 heavy (non-hydrogen) atoms. The number of rotatable bonds is 5. The summed E-state index contributed by atoms with van der Waals surface area (Å²) in [5.41, 5.74) is 1.96. The molecule has 0 aromatic carbocycles. The molecular weight excluding hydrogens is 268 g/mol. The number of nitrogens with zero attached hydrogens (tertiary/aromatic N) is 2. The second kappa shape index (κ2) is 5.62. The summed E-state index contributed by atoms with van der Waals surface area (Å²) in [6, 6.07) is 0. The SMILES string of the molecule is CCn1nc(C)c(Br)c1CC(=O)CC(C)C. The zero-order valence-electron chi connectivity index (χ0n) is 10.4. The zero-order valence-corrected chi connectivity index (χ0v) is 12.0. The highest BCUT2D eigenvalue weighted by atomic mass is 79.9. The van der Waals surface area contributed by atoms with Crippen LogP contribution >= 0.6 is 15.9 Å². The van der Waals surface area contributed by atoms with Crippen LogP contribution in [0.5, 0.6) is 0 Å². The third-order valence-corrected chi connectivity index (χ3v) is 3.48. The highest BCUT2D eigenvalue weighted by molar-refractivity contribution is 9.10. The summed E-state index contributed by atoms with van der Waals surface area (Å²) in [7, 11) is 0. The van der Waals surface area contributed by atoms with Gasteiger partial charge in [0, 0.05) is 19.4 Å². The number of halogens is 1. The molecule has 1 rings (SSSR count). The van der Waals surface area contributed by atoms with E-state index >= 15 is 0 Å². The lowest BCUT2D eigenvalue weighted by Gasteiger charge is -2.06. The van der Waals surface area contributed by atoms with Crippen molar-refractivity contribution in [3.63, 3.8) is 0 Å². The molecule has 0 aliphatic rings. The van der Waals surface area contributed by atoms with Gasteiger partial charge in [0.05, 0.1) is 15.9 Å². The van der Waals surface area contributed by atoms with Gasteiger partial charge in [-0.25, -0.2) is 0 Å².